The van der Waals surface area contributed by atoms with E-state index in [1.807, 2.05) is 30.3 Å². The summed E-state index contributed by atoms with van der Waals surface area (Å²) >= 11 is 0. The number of hydrogen-bond acceptors (Lipinski definition) is 2. The van der Waals surface area contributed by atoms with Gasteiger partial charge >= 0.3 is 0 Å². The van der Waals surface area contributed by atoms with Crippen LogP contribution in [0, 0.1) is 5.92 Å². The molecule has 1 fully saturated rings. The van der Waals surface area contributed by atoms with Gasteiger partial charge in [-0.25, -0.2) is 0 Å². The molecule has 1 aromatic carbocycles. The molecule has 1 N–H and O–H groups in total. The van der Waals surface area contributed by atoms with Crippen LogP contribution in [0.25, 0.3) is 0 Å². The summed E-state index contributed by atoms with van der Waals surface area (Å²) in [4.78, 5) is 0. The Morgan fingerprint density at radius 1 is 1.29 bits per heavy atom. The first-order chi connectivity index (χ1) is 8.34. The summed E-state index contributed by atoms with van der Waals surface area (Å²) in [6.07, 6.45) is 5.03. The van der Waals surface area contributed by atoms with Gasteiger partial charge in [-0.1, -0.05) is 25.1 Å². The van der Waals surface area contributed by atoms with Crippen molar-refractivity contribution in [3.63, 3.8) is 0 Å². The quantitative estimate of drug-likeness (QED) is 0.788. The summed E-state index contributed by atoms with van der Waals surface area (Å²) in [6, 6.07) is 10.8. The normalized spacial score (nSPS) is 24.5. The van der Waals surface area contributed by atoms with Gasteiger partial charge in [0, 0.05) is 6.04 Å². The first-order valence-electron chi connectivity index (χ1n) is 6.76. The smallest absolute Gasteiger partial charge is 0.119 e. The second-order valence-electron chi connectivity index (χ2n) is 5.08. The lowest BCUT2D eigenvalue weighted by atomic mass is 9.92. The zero-order valence-electron chi connectivity index (χ0n) is 10.7. The Bertz CT molecular complexity index is 312. The molecular formula is C15H23NO. The van der Waals surface area contributed by atoms with Gasteiger partial charge in [-0.3, -0.25) is 0 Å². The van der Waals surface area contributed by atoms with Crippen molar-refractivity contribution in [2.45, 2.75) is 38.6 Å². The third-order valence-electron chi connectivity index (χ3n) is 3.47. The van der Waals surface area contributed by atoms with Crippen LogP contribution in [0.3, 0.4) is 0 Å². The largest absolute Gasteiger partial charge is 0.494 e. The first kappa shape index (κ1) is 12.4. The molecule has 0 radical (unpaired) electrons. The van der Waals surface area contributed by atoms with E-state index in [1.165, 1.54) is 25.8 Å². The fourth-order valence-corrected chi connectivity index (χ4v) is 2.48. The van der Waals surface area contributed by atoms with Crippen LogP contribution in [0.1, 0.15) is 32.6 Å². The van der Waals surface area contributed by atoms with Crippen molar-refractivity contribution in [3.05, 3.63) is 30.3 Å². The molecule has 1 aromatic rings. The molecule has 2 unspecified atom stereocenters. The minimum absolute atomic E-state index is 0.707. The van der Waals surface area contributed by atoms with E-state index in [9.17, 15) is 0 Å². The summed E-state index contributed by atoms with van der Waals surface area (Å²) in [5, 5.41) is 3.59. The fraction of sp³-hybridized carbons (Fsp3) is 0.600. The molecule has 17 heavy (non-hydrogen) atoms. The van der Waals surface area contributed by atoms with Crippen molar-refractivity contribution >= 4 is 0 Å². The number of hydrogen-bond donors (Lipinski definition) is 1. The van der Waals surface area contributed by atoms with Gasteiger partial charge in [-0.15, -0.1) is 0 Å². The lowest BCUT2D eigenvalue weighted by molar-refractivity contribution is 0.265. The van der Waals surface area contributed by atoms with Crippen LogP contribution in [-0.2, 0) is 0 Å². The molecule has 0 bridgehead atoms. The summed E-state index contributed by atoms with van der Waals surface area (Å²) in [5.41, 5.74) is 0. The highest BCUT2D eigenvalue weighted by atomic mass is 16.5. The molecule has 94 valence electrons. The average Bonchev–Trinajstić information content (AvgIpc) is 2.36. The van der Waals surface area contributed by atoms with Crippen LogP contribution >= 0.6 is 0 Å². The molecule has 0 aromatic heterocycles. The summed E-state index contributed by atoms with van der Waals surface area (Å²) in [6.45, 7) is 4.37. The molecule has 1 heterocycles. The predicted octanol–water partition coefficient (Wildman–Crippen LogP) is 3.23. The highest BCUT2D eigenvalue weighted by molar-refractivity contribution is 5.20. The van der Waals surface area contributed by atoms with E-state index < -0.39 is 0 Å². The van der Waals surface area contributed by atoms with E-state index in [1.54, 1.807) is 0 Å². The molecule has 0 aliphatic carbocycles. The molecule has 2 nitrogen and oxygen atoms in total. The molecule has 2 heteroatoms. The minimum atomic E-state index is 0.707. The van der Waals surface area contributed by atoms with Crippen molar-refractivity contribution < 1.29 is 4.74 Å². The van der Waals surface area contributed by atoms with Crippen molar-refractivity contribution in [2.75, 3.05) is 13.2 Å². The third-order valence-corrected chi connectivity index (χ3v) is 3.47. The number of ether oxygens (including phenoxy) is 1. The Morgan fingerprint density at radius 2 is 2.12 bits per heavy atom. The molecule has 2 rings (SSSR count). The molecule has 0 spiro atoms. The molecule has 2 atom stereocenters. The molecular weight excluding hydrogens is 210 g/mol. The van der Waals surface area contributed by atoms with Gasteiger partial charge in [-0.05, 0) is 50.3 Å². The van der Waals surface area contributed by atoms with Crippen molar-refractivity contribution in [1.29, 1.82) is 0 Å². The SMILES string of the molecule is CC1CCNC(CCCOc2ccccc2)C1. The maximum absolute atomic E-state index is 5.70. The first-order valence-corrected chi connectivity index (χ1v) is 6.76. The number of para-hydroxylation sites is 1. The number of piperidine rings is 1. The van der Waals surface area contributed by atoms with Crippen molar-refractivity contribution in [3.8, 4) is 5.75 Å². The Morgan fingerprint density at radius 3 is 2.88 bits per heavy atom. The van der Waals surface area contributed by atoms with Gasteiger partial charge in [0.15, 0.2) is 0 Å². The van der Waals surface area contributed by atoms with E-state index in [4.69, 9.17) is 4.74 Å². The summed E-state index contributed by atoms with van der Waals surface area (Å²) in [5.74, 6) is 1.87. The number of benzene rings is 1. The molecule has 1 aliphatic heterocycles. The van der Waals surface area contributed by atoms with E-state index in [0.717, 1.165) is 24.7 Å². The summed E-state index contributed by atoms with van der Waals surface area (Å²) < 4.78 is 5.70. The second kappa shape index (κ2) is 6.65. The average molecular weight is 233 g/mol. The molecule has 1 aliphatic rings. The lowest BCUT2D eigenvalue weighted by Crippen LogP contribution is -2.37. The third kappa shape index (κ3) is 4.39. The Hall–Kier alpha value is -1.02. The second-order valence-corrected chi connectivity index (χ2v) is 5.08. The summed E-state index contributed by atoms with van der Waals surface area (Å²) in [7, 11) is 0. The van der Waals surface area contributed by atoms with Crippen LogP contribution < -0.4 is 10.1 Å². The topological polar surface area (TPSA) is 21.3 Å². The zero-order valence-corrected chi connectivity index (χ0v) is 10.7. The monoisotopic (exact) mass is 233 g/mol. The minimum Gasteiger partial charge on any atom is -0.494 e. The van der Waals surface area contributed by atoms with Crippen LogP contribution in [0.5, 0.6) is 5.75 Å². The number of nitrogens with one attached hydrogen (secondary N) is 1. The Kier molecular flexibility index (Phi) is 4.87. The standard InChI is InChI=1S/C15H23NO/c1-13-9-10-16-14(12-13)6-5-11-17-15-7-3-2-4-8-15/h2-4,7-8,13-14,16H,5-6,9-12H2,1H3. The van der Waals surface area contributed by atoms with Gasteiger partial charge in [0.1, 0.15) is 5.75 Å². The van der Waals surface area contributed by atoms with Crippen LogP contribution in [0.2, 0.25) is 0 Å². The van der Waals surface area contributed by atoms with Crippen LogP contribution in [-0.4, -0.2) is 19.2 Å². The number of rotatable bonds is 5. The van der Waals surface area contributed by atoms with E-state index in [-0.39, 0.29) is 0 Å². The lowest BCUT2D eigenvalue weighted by Gasteiger charge is -2.28. The zero-order chi connectivity index (χ0) is 11.9. The Labute approximate surface area is 104 Å². The van der Waals surface area contributed by atoms with Crippen molar-refractivity contribution in [1.82, 2.24) is 5.32 Å². The molecule has 0 amide bonds. The Balaban J connectivity index is 1.60. The highest BCUT2D eigenvalue weighted by Crippen LogP contribution is 2.18. The van der Waals surface area contributed by atoms with Gasteiger partial charge in [0.05, 0.1) is 6.61 Å². The van der Waals surface area contributed by atoms with E-state index >= 15 is 0 Å². The molecule has 0 saturated carbocycles. The van der Waals surface area contributed by atoms with Crippen LogP contribution in [0.4, 0.5) is 0 Å². The molecule has 1 saturated heterocycles. The van der Waals surface area contributed by atoms with Gasteiger partial charge < -0.3 is 10.1 Å². The van der Waals surface area contributed by atoms with Crippen molar-refractivity contribution in [2.24, 2.45) is 5.92 Å². The maximum atomic E-state index is 5.70. The fourth-order valence-electron chi connectivity index (χ4n) is 2.48. The maximum Gasteiger partial charge on any atom is 0.119 e. The van der Waals surface area contributed by atoms with Crippen LogP contribution in [0.15, 0.2) is 30.3 Å². The van der Waals surface area contributed by atoms with Gasteiger partial charge in [0.2, 0.25) is 0 Å². The van der Waals surface area contributed by atoms with E-state index in [0.29, 0.717) is 6.04 Å². The van der Waals surface area contributed by atoms with Gasteiger partial charge in [0.25, 0.3) is 0 Å². The van der Waals surface area contributed by atoms with Gasteiger partial charge in [-0.2, -0.15) is 0 Å². The highest BCUT2D eigenvalue weighted by Gasteiger charge is 2.17. The predicted molar refractivity (Wildman–Crippen MR) is 71.4 cm³/mol. The van der Waals surface area contributed by atoms with E-state index in [2.05, 4.69) is 12.2 Å².